The Morgan fingerprint density at radius 1 is 1.28 bits per heavy atom. The van der Waals surface area contributed by atoms with Crippen molar-refractivity contribution in [3.63, 3.8) is 0 Å². The zero-order valence-corrected chi connectivity index (χ0v) is 15.4. The summed E-state index contributed by atoms with van der Waals surface area (Å²) in [6.07, 6.45) is 4.11. The van der Waals surface area contributed by atoms with Crippen molar-refractivity contribution in [3.05, 3.63) is 35.7 Å². The molecule has 1 aromatic carbocycles. The number of rotatable bonds is 5. The SMILES string of the molecule is CCOC1CC2(CCN(C(C)c3nnc(-c4ccc(C)cc4)o3)C2)C1. The van der Waals surface area contributed by atoms with E-state index in [1.165, 1.54) is 24.8 Å². The van der Waals surface area contributed by atoms with Crippen molar-refractivity contribution >= 4 is 0 Å². The standard InChI is InChI=1S/C20H27N3O2/c1-4-24-17-11-20(12-17)9-10-23(13-20)15(3)18-21-22-19(25-18)16-7-5-14(2)6-8-16/h5-8,15,17H,4,9-13H2,1-3H3. The third-order valence-electron chi connectivity index (χ3n) is 5.84. The molecule has 1 aliphatic heterocycles. The summed E-state index contributed by atoms with van der Waals surface area (Å²) in [5.74, 6) is 1.32. The van der Waals surface area contributed by atoms with Crippen LogP contribution in [0.3, 0.4) is 0 Å². The first-order valence-electron chi connectivity index (χ1n) is 9.35. The Bertz CT molecular complexity index is 719. The van der Waals surface area contributed by atoms with Crippen LogP contribution in [0.15, 0.2) is 28.7 Å². The molecule has 25 heavy (non-hydrogen) atoms. The first-order valence-corrected chi connectivity index (χ1v) is 9.35. The highest BCUT2D eigenvalue weighted by molar-refractivity contribution is 5.52. The first kappa shape index (κ1) is 16.7. The molecular weight excluding hydrogens is 314 g/mol. The molecule has 1 aliphatic carbocycles. The molecule has 5 heteroatoms. The highest BCUT2D eigenvalue weighted by Gasteiger charge is 2.49. The molecule has 0 radical (unpaired) electrons. The number of benzene rings is 1. The van der Waals surface area contributed by atoms with Crippen LogP contribution in [-0.2, 0) is 4.74 Å². The van der Waals surface area contributed by atoms with Gasteiger partial charge in [-0.2, -0.15) is 0 Å². The summed E-state index contributed by atoms with van der Waals surface area (Å²) in [5, 5.41) is 8.56. The van der Waals surface area contributed by atoms with Crippen LogP contribution in [0.5, 0.6) is 0 Å². The maximum absolute atomic E-state index is 5.97. The van der Waals surface area contributed by atoms with Crippen molar-refractivity contribution in [3.8, 4) is 11.5 Å². The van der Waals surface area contributed by atoms with Crippen molar-refractivity contribution in [1.82, 2.24) is 15.1 Å². The highest BCUT2D eigenvalue weighted by Crippen LogP contribution is 2.50. The molecule has 0 bridgehead atoms. The lowest BCUT2D eigenvalue weighted by molar-refractivity contribution is -0.0729. The van der Waals surface area contributed by atoms with Crippen LogP contribution in [0, 0.1) is 12.3 Å². The zero-order chi connectivity index (χ0) is 17.4. The van der Waals surface area contributed by atoms with E-state index >= 15 is 0 Å². The molecule has 1 spiro atoms. The minimum atomic E-state index is 0.164. The van der Waals surface area contributed by atoms with E-state index in [1.54, 1.807) is 0 Å². The van der Waals surface area contributed by atoms with Gasteiger partial charge in [-0.25, -0.2) is 0 Å². The Morgan fingerprint density at radius 3 is 2.76 bits per heavy atom. The maximum Gasteiger partial charge on any atom is 0.247 e. The Hall–Kier alpha value is -1.72. The molecule has 0 amide bonds. The van der Waals surface area contributed by atoms with Crippen LogP contribution >= 0.6 is 0 Å². The van der Waals surface area contributed by atoms with Gasteiger partial charge in [-0.15, -0.1) is 10.2 Å². The smallest absolute Gasteiger partial charge is 0.247 e. The molecule has 5 nitrogen and oxygen atoms in total. The second kappa shape index (κ2) is 6.54. The van der Waals surface area contributed by atoms with E-state index in [0.717, 1.165) is 25.3 Å². The maximum atomic E-state index is 5.97. The van der Waals surface area contributed by atoms with Gasteiger partial charge in [0.1, 0.15) is 0 Å². The monoisotopic (exact) mass is 341 g/mol. The Morgan fingerprint density at radius 2 is 2.04 bits per heavy atom. The van der Waals surface area contributed by atoms with Gasteiger partial charge in [-0.3, -0.25) is 4.90 Å². The fraction of sp³-hybridized carbons (Fsp3) is 0.600. The summed E-state index contributed by atoms with van der Waals surface area (Å²) in [7, 11) is 0. The number of hydrogen-bond acceptors (Lipinski definition) is 5. The summed E-state index contributed by atoms with van der Waals surface area (Å²) in [6, 6.07) is 8.36. The van der Waals surface area contributed by atoms with Gasteiger partial charge in [0, 0.05) is 18.7 Å². The van der Waals surface area contributed by atoms with Crippen LogP contribution in [-0.4, -0.2) is 40.9 Å². The second-order valence-electron chi connectivity index (χ2n) is 7.69. The Labute approximate surface area is 149 Å². The third-order valence-corrected chi connectivity index (χ3v) is 5.84. The van der Waals surface area contributed by atoms with Crippen LogP contribution in [0.25, 0.3) is 11.5 Å². The number of ether oxygens (including phenoxy) is 1. The van der Waals surface area contributed by atoms with Gasteiger partial charge in [0.05, 0.1) is 12.1 Å². The van der Waals surface area contributed by atoms with Gasteiger partial charge in [-0.05, 0) is 64.1 Å². The molecule has 1 saturated heterocycles. The fourth-order valence-electron chi connectivity index (χ4n) is 4.27. The van der Waals surface area contributed by atoms with Crippen LogP contribution in [0.1, 0.15) is 50.6 Å². The van der Waals surface area contributed by atoms with Crippen LogP contribution in [0.4, 0.5) is 0 Å². The molecule has 1 unspecified atom stereocenters. The summed E-state index contributed by atoms with van der Waals surface area (Å²) >= 11 is 0. The van der Waals surface area contributed by atoms with Crippen molar-refractivity contribution in [2.24, 2.45) is 5.41 Å². The molecule has 1 saturated carbocycles. The summed E-state index contributed by atoms with van der Waals surface area (Å²) < 4.78 is 11.7. The van der Waals surface area contributed by atoms with E-state index in [2.05, 4.69) is 48.0 Å². The molecule has 0 N–H and O–H groups in total. The minimum Gasteiger partial charge on any atom is -0.419 e. The number of nitrogens with zero attached hydrogens (tertiary/aromatic N) is 3. The molecule has 1 atom stereocenters. The largest absolute Gasteiger partial charge is 0.419 e. The Kier molecular flexibility index (Phi) is 4.38. The fourth-order valence-corrected chi connectivity index (χ4v) is 4.27. The lowest BCUT2D eigenvalue weighted by Gasteiger charge is -2.45. The number of aromatic nitrogens is 2. The summed E-state index contributed by atoms with van der Waals surface area (Å²) in [5.41, 5.74) is 2.66. The Balaban J connectivity index is 1.41. The van der Waals surface area contributed by atoms with E-state index in [1.807, 2.05) is 12.1 Å². The average molecular weight is 341 g/mol. The second-order valence-corrected chi connectivity index (χ2v) is 7.69. The molecule has 2 aliphatic rings. The van der Waals surface area contributed by atoms with E-state index < -0.39 is 0 Å². The van der Waals surface area contributed by atoms with Crippen LogP contribution < -0.4 is 0 Å². The summed E-state index contributed by atoms with van der Waals surface area (Å²) in [4.78, 5) is 2.48. The average Bonchev–Trinajstić information content (AvgIpc) is 3.22. The molecule has 4 rings (SSSR count). The van der Waals surface area contributed by atoms with Crippen molar-refractivity contribution in [2.45, 2.75) is 52.2 Å². The number of likely N-dealkylation sites (tertiary alicyclic amines) is 1. The van der Waals surface area contributed by atoms with Gasteiger partial charge in [0.2, 0.25) is 11.8 Å². The van der Waals surface area contributed by atoms with Crippen molar-refractivity contribution in [1.29, 1.82) is 0 Å². The predicted octanol–water partition coefficient (Wildman–Crippen LogP) is 4.00. The molecular formula is C20H27N3O2. The highest BCUT2D eigenvalue weighted by atomic mass is 16.5. The van der Waals surface area contributed by atoms with E-state index in [0.29, 0.717) is 23.3 Å². The number of hydrogen-bond donors (Lipinski definition) is 0. The predicted molar refractivity (Wildman–Crippen MR) is 96.2 cm³/mol. The lowest BCUT2D eigenvalue weighted by Crippen LogP contribution is -2.44. The summed E-state index contributed by atoms with van der Waals surface area (Å²) in [6.45, 7) is 9.36. The van der Waals surface area contributed by atoms with Gasteiger partial charge in [0.15, 0.2) is 0 Å². The number of aryl methyl sites for hydroxylation is 1. The molecule has 2 heterocycles. The first-order chi connectivity index (χ1) is 12.1. The van der Waals surface area contributed by atoms with Gasteiger partial charge in [-0.1, -0.05) is 17.7 Å². The lowest BCUT2D eigenvalue weighted by atomic mass is 9.66. The van der Waals surface area contributed by atoms with Gasteiger partial charge >= 0.3 is 0 Å². The topological polar surface area (TPSA) is 51.4 Å². The quantitative estimate of drug-likeness (QED) is 0.823. The van der Waals surface area contributed by atoms with Gasteiger partial charge in [0.25, 0.3) is 0 Å². The van der Waals surface area contributed by atoms with Crippen LogP contribution in [0.2, 0.25) is 0 Å². The van der Waals surface area contributed by atoms with Crippen molar-refractivity contribution in [2.75, 3.05) is 19.7 Å². The minimum absolute atomic E-state index is 0.164. The molecule has 134 valence electrons. The zero-order valence-electron chi connectivity index (χ0n) is 15.4. The van der Waals surface area contributed by atoms with E-state index in [4.69, 9.17) is 9.15 Å². The van der Waals surface area contributed by atoms with E-state index in [9.17, 15) is 0 Å². The molecule has 2 fully saturated rings. The van der Waals surface area contributed by atoms with Gasteiger partial charge < -0.3 is 9.15 Å². The molecule has 1 aromatic heterocycles. The van der Waals surface area contributed by atoms with Crippen molar-refractivity contribution < 1.29 is 9.15 Å². The third kappa shape index (κ3) is 3.23. The normalized spacial score (nSPS) is 27.6. The van der Waals surface area contributed by atoms with E-state index in [-0.39, 0.29) is 6.04 Å². The molecule has 2 aromatic rings.